The van der Waals surface area contributed by atoms with Gasteiger partial charge in [0.15, 0.2) is 0 Å². The first-order valence-corrected chi connectivity index (χ1v) is 8.70. The number of hydrogen-bond donors (Lipinski definition) is 0. The van der Waals surface area contributed by atoms with Gasteiger partial charge in [0.25, 0.3) is 0 Å². The van der Waals surface area contributed by atoms with E-state index in [4.69, 9.17) is 4.74 Å². The number of ether oxygens (including phenoxy) is 1. The minimum Gasteiger partial charge on any atom is -0.494 e. The molecule has 1 unspecified atom stereocenters. The minimum atomic E-state index is 0.716. The molecule has 1 aromatic carbocycles. The maximum absolute atomic E-state index is 5.80. The van der Waals surface area contributed by atoms with Gasteiger partial charge < -0.3 is 14.2 Å². The topological polar surface area (TPSA) is 17.4 Å². The second-order valence-electron chi connectivity index (χ2n) is 6.97. The normalized spacial score (nSPS) is 27.5. The van der Waals surface area contributed by atoms with E-state index in [0.29, 0.717) is 5.92 Å². The van der Waals surface area contributed by atoms with E-state index >= 15 is 0 Å². The fraction of sp³-hybridized carbons (Fsp3) is 0.579. The molecule has 118 valence electrons. The van der Waals surface area contributed by atoms with Crippen LogP contribution in [0.5, 0.6) is 5.75 Å². The van der Waals surface area contributed by atoms with Gasteiger partial charge in [-0.05, 0) is 56.0 Å². The van der Waals surface area contributed by atoms with Crippen molar-refractivity contribution in [3.8, 4) is 5.75 Å². The van der Waals surface area contributed by atoms with Crippen LogP contribution < -0.4 is 4.74 Å². The zero-order valence-corrected chi connectivity index (χ0v) is 13.7. The Morgan fingerprint density at radius 2 is 2.05 bits per heavy atom. The molecule has 3 heteroatoms. The van der Waals surface area contributed by atoms with Crippen molar-refractivity contribution >= 4 is 10.9 Å². The molecule has 1 atom stereocenters. The summed E-state index contributed by atoms with van der Waals surface area (Å²) < 4.78 is 8.08. The van der Waals surface area contributed by atoms with Crippen LogP contribution in [0.4, 0.5) is 0 Å². The van der Waals surface area contributed by atoms with Crippen molar-refractivity contribution in [1.82, 2.24) is 9.47 Å². The van der Waals surface area contributed by atoms with E-state index in [1.54, 1.807) is 5.56 Å². The van der Waals surface area contributed by atoms with Crippen LogP contribution in [0.1, 0.15) is 37.7 Å². The number of fused-ring (bicyclic) bond motifs is 4. The molecule has 3 aliphatic heterocycles. The van der Waals surface area contributed by atoms with E-state index in [9.17, 15) is 0 Å². The third-order valence-electron chi connectivity index (χ3n) is 5.52. The predicted molar refractivity (Wildman–Crippen MR) is 90.6 cm³/mol. The van der Waals surface area contributed by atoms with Gasteiger partial charge in [-0.2, -0.15) is 0 Å². The summed E-state index contributed by atoms with van der Waals surface area (Å²) in [5, 5.41) is 1.42. The molecule has 2 aromatic rings. The minimum absolute atomic E-state index is 0.716. The fourth-order valence-electron chi connectivity index (χ4n) is 4.32. The van der Waals surface area contributed by atoms with Gasteiger partial charge in [-0.25, -0.2) is 0 Å². The summed E-state index contributed by atoms with van der Waals surface area (Å²) in [5.74, 6) is 2.59. The summed E-state index contributed by atoms with van der Waals surface area (Å²) in [6.07, 6.45) is 6.16. The Hall–Kier alpha value is -1.48. The monoisotopic (exact) mass is 298 g/mol. The van der Waals surface area contributed by atoms with Gasteiger partial charge in [0.1, 0.15) is 5.75 Å². The molecule has 2 bridgehead atoms. The van der Waals surface area contributed by atoms with Crippen LogP contribution in [-0.2, 0) is 7.05 Å². The Balaban J connectivity index is 1.70. The third-order valence-corrected chi connectivity index (χ3v) is 5.52. The number of nitrogens with zero attached hydrogens (tertiary/aromatic N) is 2. The molecule has 0 amide bonds. The maximum Gasteiger partial charge on any atom is 0.121 e. The largest absolute Gasteiger partial charge is 0.494 e. The highest BCUT2D eigenvalue weighted by Crippen LogP contribution is 2.42. The molecular formula is C19H26N2O. The van der Waals surface area contributed by atoms with E-state index in [1.807, 2.05) is 0 Å². The SMILES string of the molecule is CCCOc1ccc2c(C3CN4CCC3CC4)cn(C)c2c1. The lowest BCUT2D eigenvalue weighted by Crippen LogP contribution is -2.46. The maximum atomic E-state index is 5.80. The molecular weight excluding hydrogens is 272 g/mol. The van der Waals surface area contributed by atoms with Crippen LogP contribution in [0.25, 0.3) is 10.9 Å². The summed E-state index contributed by atoms with van der Waals surface area (Å²) in [4.78, 5) is 2.64. The molecule has 0 aliphatic carbocycles. The third kappa shape index (κ3) is 2.32. The predicted octanol–water partition coefficient (Wildman–Crippen LogP) is 3.78. The van der Waals surface area contributed by atoms with E-state index in [2.05, 4.69) is 47.8 Å². The Morgan fingerprint density at radius 3 is 2.73 bits per heavy atom. The van der Waals surface area contributed by atoms with Crippen molar-refractivity contribution in [1.29, 1.82) is 0 Å². The highest BCUT2D eigenvalue weighted by atomic mass is 16.5. The van der Waals surface area contributed by atoms with Crippen molar-refractivity contribution < 1.29 is 4.74 Å². The molecule has 3 nitrogen and oxygen atoms in total. The van der Waals surface area contributed by atoms with Crippen molar-refractivity contribution in [3.63, 3.8) is 0 Å². The van der Waals surface area contributed by atoms with Gasteiger partial charge >= 0.3 is 0 Å². The van der Waals surface area contributed by atoms with Gasteiger partial charge in [0.05, 0.1) is 12.1 Å². The number of benzene rings is 1. The van der Waals surface area contributed by atoms with E-state index < -0.39 is 0 Å². The van der Waals surface area contributed by atoms with E-state index in [0.717, 1.165) is 24.7 Å². The number of aryl methyl sites for hydroxylation is 1. The Morgan fingerprint density at radius 1 is 1.23 bits per heavy atom. The lowest BCUT2D eigenvalue weighted by atomic mass is 9.75. The second-order valence-corrected chi connectivity index (χ2v) is 6.97. The van der Waals surface area contributed by atoms with E-state index in [-0.39, 0.29) is 0 Å². The number of piperidine rings is 3. The van der Waals surface area contributed by atoms with Crippen molar-refractivity contribution in [2.45, 2.75) is 32.1 Å². The van der Waals surface area contributed by atoms with Crippen LogP contribution in [0, 0.1) is 5.92 Å². The second kappa shape index (κ2) is 5.62. The standard InChI is InChI=1S/C19H26N2O/c1-3-10-22-15-4-5-16-18(12-20(2)19(16)11-15)17-13-21-8-6-14(17)7-9-21/h4-5,11-12,14,17H,3,6-10,13H2,1-2H3. The Kier molecular flexibility index (Phi) is 3.61. The smallest absolute Gasteiger partial charge is 0.121 e. The lowest BCUT2D eigenvalue weighted by Gasteiger charge is -2.44. The molecule has 3 saturated heterocycles. The summed E-state index contributed by atoms with van der Waals surface area (Å²) in [7, 11) is 2.16. The quantitative estimate of drug-likeness (QED) is 0.855. The Labute approximate surface area is 132 Å². The van der Waals surface area contributed by atoms with Gasteiger partial charge in [-0.3, -0.25) is 0 Å². The zero-order valence-electron chi connectivity index (χ0n) is 13.7. The van der Waals surface area contributed by atoms with Crippen molar-refractivity contribution in [3.05, 3.63) is 30.0 Å². The average Bonchev–Trinajstić information content (AvgIpc) is 2.90. The highest BCUT2D eigenvalue weighted by molar-refractivity contribution is 5.86. The summed E-state index contributed by atoms with van der Waals surface area (Å²) in [5.41, 5.74) is 2.86. The molecule has 0 spiro atoms. The zero-order chi connectivity index (χ0) is 15.1. The van der Waals surface area contributed by atoms with Gasteiger partial charge in [-0.15, -0.1) is 0 Å². The van der Waals surface area contributed by atoms with Gasteiger partial charge in [-0.1, -0.05) is 6.92 Å². The molecule has 22 heavy (non-hydrogen) atoms. The van der Waals surface area contributed by atoms with Crippen molar-refractivity contribution in [2.24, 2.45) is 13.0 Å². The van der Waals surface area contributed by atoms with Crippen molar-refractivity contribution in [2.75, 3.05) is 26.2 Å². The Bertz CT molecular complexity index is 667. The number of hydrogen-bond acceptors (Lipinski definition) is 2. The number of aromatic nitrogens is 1. The van der Waals surface area contributed by atoms with E-state index in [1.165, 1.54) is 43.4 Å². The molecule has 5 rings (SSSR count). The summed E-state index contributed by atoms with van der Waals surface area (Å²) in [6, 6.07) is 6.62. The number of rotatable bonds is 4. The molecule has 1 aromatic heterocycles. The van der Waals surface area contributed by atoms with Crippen LogP contribution in [0.2, 0.25) is 0 Å². The first-order valence-electron chi connectivity index (χ1n) is 8.70. The lowest BCUT2D eigenvalue weighted by molar-refractivity contribution is 0.0876. The fourth-order valence-corrected chi connectivity index (χ4v) is 4.32. The molecule has 0 saturated carbocycles. The first-order chi connectivity index (χ1) is 10.8. The molecule has 0 N–H and O–H groups in total. The molecule has 0 radical (unpaired) electrons. The summed E-state index contributed by atoms with van der Waals surface area (Å²) in [6.45, 7) is 6.80. The van der Waals surface area contributed by atoms with Crippen LogP contribution in [0.3, 0.4) is 0 Å². The van der Waals surface area contributed by atoms with Crippen LogP contribution >= 0.6 is 0 Å². The van der Waals surface area contributed by atoms with Gasteiger partial charge in [0, 0.05) is 37.2 Å². The summed E-state index contributed by atoms with van der Waals surface area (Å²) >= 11 is 0. The van der Waals surface area contributed by atoms with Crippen LogP contribution in [0.15, 0.2) is 24.4 Å². The first kappa shape index (κ1) is 14.1. The molecule has 3 aliphatic rings. The molecule has 4 heterocycles. The van der Waals surface area contributed by atoms with Gasteiger partial charge in [0.2, 0.25) is 0 Å². The average molecular weight is 298 g/mol. The molecule has 3 fully saturated rings. The highest BCUT2D eigenvalue weighted by Gasteiger charge is 2.36. The van der Waals surface area contributed by atoms with Crippen LogP contribution in [-0.4, -0.2) is 35.7 Å².